The first-order valence-corrected chi connectivity index (χ1v) is 3.52. The lowest BCUT2D eigenvalue weighted by atomic mass is 10.0. The molecule has 0 aromatic carbocycles. The molecule has 12 heavy (non-hydrogen) atoms. The summed E-state index contributed by atoms with van der Waals surface area (Å²) in [6.45, 7) is 4.91. The van der Waals surface area contributed by atoms with Gasteiger partial charge in [-0.15, -0.1) is 0 Å². The molecule has 0 saturated heterocycles. The zero-order valence-corrected chi connectivity index (χ0v) is 6.87. The Balaban J connectivity index is 4.21. The van der Waals surface area contributed by atoms with Crippen molar-refractivity contribution in [3.63, 3.8) is 0 Å². The van der Waals surface area contributed by atoms with Crippen LogP contribution in [0.2, 0.25) is 0 Å². The zero-order valence-electron chi connectivity index (χ0n) is 6.87. The minimum Gasteiger partial charge on any atom is -0.465 e. The Bertz CT molecular complexity index is 217. The predicted octanol–water partition coefficient (Wildman–Crippen LogP) is 0.483. The summed E-state index contributed by atoms with van der Waals surface area (Å²) in [7, 11) is 0. The van der Waals surface area contributed by atoms with Gasteiger partial charge in [0.1, 0.15) is 6.92 Å². The number of carbonyl (C=O) groups is 2. The number of ketones is 1. The standard InChI is InChI=1S/C8H10NO3/c1-3-12-8(11)7(4-5-9)6(2)10/h7H,2-4H2,1H3/q+1. The highest BCUT2D eigenvalue weighted by Crippen LogP contribution is 2.05. The van der Waals surface area contributed by atoms with Crippen LogP contribution >= 0.6 is 0 Å². The van der Waals surface area contributed by atoms with Crippen molar-refractivity contribution < 1.29 is 14.3 Å². The van der Waals surface area contributed by atoms with Gasteiger partial charge >= 0.3 is 11.8 Å². The molecular formula is C8H10NO3+. The fourth-order valence-electron chi connectivity index (χ4n) is 0.663. The Morgan fingerprint density at radius 3 is 2.58 bits per heavy atom. The number of nitriles is 1. The Morgan fingerprint density at radius 1 is 1.67 bits per heavy atom. The van der Waals surface area contributed by atoms with E-state index in [1.165, 1.54) is 0 Å². The van der Waals surface area contributed by atoms with Crippen LogP contribution < -0.4 is 0 Å². The van der Waals surface area contributed by atoms with Crippen LogP contribution in [0.3, 0.4) is 0 Å². The SMILES string of the molecule is [CH2+]C(=O)C(CC#N)C(=O)OCC. The maximum Gasteiger partial charge on any atom is 0.322 e. The Hall–Kier alpha value is -1.50. The average molecular weight is 168 g/mol. The second-order valence-corrected chi connectivity index (χ2v) is 2.13. The van der Waals surface area contributed by atoms with Gasteiger partial charge in [-0.1, -0.05) is 0 Å². The van der Waals surface area contributed by atoms with Crippen LogP contribution in [-0.2, 0) is 14.3 Å². The Kier molecular flexibility index (Phi) is 4.54. The monoisotopic (exact) mass is 168 g/mol. The van der Waals surface area contributed by atoms with Gasteiger partial charge in [-0.2, -0.15) is 5.26 Å². The van der Waals surface area contributed by atoms with Crippen molar-refractivity contribution in [2.75, 3.05) is 6.61 Å². The van der Waals surface area contributed by atoms with Crippen LogP contribution in [-0.4, -0.2) is 18.4 Å². The van der Waals surface area contributed by atoms with Gasteiger partial charge in [0.05, 0.1) is 19.1 Å². The van der Waals surface area contributed by atoms with Gasteiger partial charge in [0.15, 0.2) is 5.92 Å². The van der Waals surface area contributed by atoms with Gasteiger partial charge in [-0.3, -0.25) is 4.79 Å². The quantitative estimate of drug-likeness (QED) is 0.348. The zero-order chi connectivity index (χ0) is 9.56. The summed E-state index contributed by atoms with van der Waals surface area (Å²) < 4.78 is 4.57. The number of rotatable bonds is 4. The van der Waals surface area contributed by atoms with Gasteiger partial charge < -0.3 is 4.74 Å². The smallest absolute Gasteiger partial charge is 0.322 e. The molecule has 0 amide bonds. The van der Waals surface area contributed by atoms with Crippen molar-refractivity contribution in [3.05, 3.63) is 6.92 Å². The number of ether oxygens (including phenoxy) is 1. The van der Waals surface area contributed by atoms with Gasteiger partial charge in [-0.05, 0) is 6.92 Å². The third-order valence-electron chi connectivity index (χ3n) is 1.26. The summed E-state index contributed by atoms with van der Waals surface area (Å²) in [5.41, 5.74) is 0. The molecule has 0 aromatic rings. The summed E-state index contributed by atoms with van der Waals surface area (Å²) >= 11 is 0. The van der Waals surface area contributed by atoms with E-state index >= 15 is 0 Å². The molecule has 0 bridgehead atoms. The maximum absolute atomic E-state index is 10.9. The van der Waals surface area contributed by atoms with Crippen molar-refractivity contribution in [2.45, 2.75) is 13.3 Å². The topological polar surface area (TPSA) is 67.2 Å². The molecule has 0 heterocycles. The number of esters is 1. The molecule has 0 aliphatic heterocycles. The summed E-state index contributed by atoms with van der Waals surface area (Å²) in [5.74, 6) is -2.26. The van der Waals surface area contributed by atoms with E-state index in [2.05, 4.69) is 11.7 Å². The largest absolute Gasteiger partial charge is 0.465 e. The molecule has 0 aromatic heterocycles. The second-order valence-electron chi connectivity index (χ2n) is 2.13. The molecule has 1 atom stereocenters. The molecule has 0 radical (unpaired) electrons. The van der Waals surface area contributed by atoms with Crippen LogP contribution in [0.5, 0.6) is 0 Å². The number of carbonyl (C=O) groups excluding carboxylic acids is 2. The van der Waals surface area contributed by atoms with Gasteiger partial charge in [0.2, 0.25) is 0 Å². The Morgan fingerprint density at radius 2 is 2.25 bits per heavy atom. The highest BCUT2D eigenvalue weighted by atomic mass is 16.5. The molecule has 0 saturated carbocycles. The normalized spacial score (nSPS) is 11.3. The van der Waals surface area contributed by atoms with Crippen LogP contribution in [0, 0.1) is 24.2 Å². The lowest BCUT2D eigenvalue weighted by Gasteiger charge is -2.04. The van der Waals surface area contributed by atoms with Crippen molar-refractivity contribution in [1.29, 1.82) is 5.26 Å². The van der Waals surface area contributed by atoms with Crippen LogP contribution in [0.25, 0.3) is 0 Å². The first kappa shape index (κ1) is 10.5. The minimum absolute atomic E-state index is 0.166. The molecule has 0 spiro atoms. The van der Waals surface area contributed by atoms with Crippen LogP contribution in [0.1, 0.15) is 13.3 Å². The van der Waals surface area contributed by atoms with Crippen molar-refractivity contribution >= 4 is 11.8 Å². The highest BCUT2D eigenvalue weighted by molar-refractivity contribution is 6.01. The number of hydrogen-bond acceptors (Lipinski definition) is 4. The van der Waals surface area contributed by atoms with E-state index < -0.39 is 17.7 Å². The first-order valence-electron chi connectivity index (χ1n) is 3.52. The fraction of sp³-hybridized carbons (Fsp3) is 0.500. The van der Waals surface area contributed by atoms with E-state index in [4.69, 9.17) is 5.26 Å². The molecule has 0 N–H and O–H groups in total. The molecule has 0 fully saturated rings. The van der Waals surface area contributed by atoms with E-state index in [0.29, 0.717) is 0 Å². The lowest BCUT2D eigenvalue weighted by molar-refractivity contribution is -0.150. The van der Waals surface area contributed by atoms with E-state index in [1.54, 1.807) is 13.0 Å². The summed E-state index contributed by atoms with van der Waals surface area (Å²) in [6, 6.07) is 1.73. The summed E-state index contributed by atoms with van der Waals surface area (Å²) in [6.07, 6.45) is -0.166. The van der Waals surface area contributed by atoms with E-state index in [9.17, 15) is 9.59 Å². The van der Waals surface area contributed by atoms with Crippen molar-refractivity contribution in [3.8, 4) is 6.07 Å². The van der Waals surface area contributed by atoms with Crippen molar-refractivity contribution in [2.24, 2.45) is 5.92 Å². The fourth-order valence-corrected chi connectivity index (χ4v) is 0.663. The van der Waals surface area contributed by atoms with Gasteiger partial charge in [-0.25, -0.2) is 4.79 Å². The number of hydrogen-bond donors (Lipinski definition) is 0. The first-order chi connectivity index (χ1) is 5.63. The molecule has 4 heteroatoms. The number of nitrogens with zero attached hydrogens (tertiary/aromatic N) is 1. The molecule has 1 unspecified atom stereocenters. The third kappa shape index (κ3) is 3.06. The van der Waals surface area contributed by atoms with E-state index in [-0.39, 0.29) is 13.0 Å². The minimum atomic E-state index is -1.02. The molecule has 0 rings (SSSR count). The average Bonchev–Trinajstić information content (AvgIpc) is 1.99. The van der Waals surface area contributed by atoms with Gasteiger partial charge in [0, 0.05) is 0 Å². The van der Waals surface area contributed by atoms with E-state index in [1.807, 2.05) is 0 Å². The molecule has 0 aliphatic rings. The van der Waals surface area contributed by atoms with E-state index in [0.717, 1.165) is 0 Å². The summed E-state index contributed by atoms with van der Waals surface area (Å²) in [5, 5.41) is 8.26. The maximum atomic E-state index is 10.9. The summed E-state index contributed by atoms with van der Waals surface area (Å²) in [4.78, 5) is 21.6. The molecule has 0 aliphatic carbocycles. The molecule has 4 nitrogen and oxygen atoms in total. The third-order valence-corrected chi connectivity index (χ3v) is 1.26. The molecule has 64 valence electrons. The van der Waals surface area contributed by atoms with Crippen LogP contribution in [0.4, 0.5) is 0 Å². The lowest BCUT2D eigenvalue weighted by Crippen LogP contribution is -2.23. The molecular weight excluding hydrogens is 158 g/mol. The van der Waals surface area contributed by atoms with Crippen molar-refractivity contribution in [1.82, 2.24) is 0 Å². The van der Waals surface area contributed by atoms with Crippen LogP contribution in [0.15, 0.2) is 0 Å². The second kappa shape index (κ2) is 5.19. The van der Waals surface area contributed by atoms with Gasteiger partial charge in [0.25, 0.3) is 0 Å². The number of Topliss-reactive ketones (excluding diaryl/α,β-unsaturated/α-hetero) is 1. The predicted molar refractivity (Wildman–Crippen MR) is 40.7 cm³/mol. The highest BCUT2D eigenvalue weighted by Gasteiger charge is 2.29. The Labute approximate surface area is 71.1 Å².